The van der Waals surface area contributed by atoms with E-state index in [-0.39, 0.29) is 6.04 Å². The Bertz CT molecular complexity index is 601. The highest BCUT2D eigenvalue weighted by Crippen LogP contribution is 2.37. The van der Waals surface area contributed by atoms with Crippen molar-refractivity contribution < 1.29 is 5.11 Å². The van der Waals surface area contributed by atoms with E-state index >= 15 is 0 Å². The van der Waals surface area contributed by atoms with Gasteiger partial charge in [0, 0.05) is 23.2 Å². The molecule has 0 amide bonds. The summed E-state index contributed by atoms with van der Waals surface area (Å²) < 4.78 is 0. The van der Waals surface area contributed by atoms with Crippen LogP contribution >= 0.6 is 0 Å². The fourth-order valence-electron chi connectivity index (χ4n) is 2.94. The van der Waals surface area contributed by atoms with Crippen LogP contribution in [0.5, 0.6) is 0 Å². The van der Waals surface area contributed by atoms with Crippen molar-refractivity contribution >= 4 is 6.21 Å². The van der Waals surface area contributed by atoms with E-state index in [0.29, 0.717) is 5.92 Å². The number of aliphatic imine (C=N–C) groups is 1. The summed E-state index contributed by atoms with van der Waals surface area (Å²) >= 11 is 0. The maximum Gasteiger partial charge on any atom is 0.0800 e. The summed E-state index contributed by atoms with van der Waals surface area (Å²) in [6, 6.07) is -0.0740. The van der Waals surface area contributed by atoms with Gasteiger partial charge in [-0.25, -0.2) is 0 Å². The predicted molar refractivity (Wildman–Crippen MR) is 102 cm³/mol. The molecule has 0 radical (unpaired) electrons. The number of hydrogen-bond acceptors (Lipinski definition) is 4. The molecule has 2 aliphatic rings. The zero-order chi connectivity index (χ0) is 17.9. The zero-order valence-electron chi connectivity index (χ0n) is 15.4. The molecule has 1 atom stereocenters. The van der Waals surface area contributed by atoms with Gasteiger partial charge in [0.2, 0.25) is 0 Å². The lowest BCUT2D eigenvalue weighted by molar-refractivity contribution is 0.0403. The molecule has 4 nitrogen and oxygen atoms in total. The SMILES string of the molecule is C=C1N=CC(C(=C)N[C@@H](CC)C(C)(C)O)=C1N/C(=C\CC)C1CC1. The van der Waals surface area contributed by atoms with Crippen molar-refractivity contribution in [1.82, 2.24) is 10.6 Å². The van der Waals surface area contributed by atoms with E-state index in [1.807, 2.05) is 20.8 Å². The summed E-state index contributed by atoms with van der Waals surface area (Å²) in [5, 5.41) is 17.2. The summed E-state index contributed by atoms with van der Waals surface area (Å²) in [6.07, 6.45) is 8.34. The van der Waals surface area contributed by atoms with Crippen molar-refractivity contribution in [2.24, 2.45) is 10.9 Å². The molecule has 4 heteroatoms. The molecule has 24 heavy (non-hydrogen) atoms. The molecule has 3 N–H and O–H groups in total. The predicted octanol–water partition coefficient (Wildman–Crippen LogP) is 3.78. The number of rotatable bonds is 9. The van der Waals surface area contributed by atoms with Gasteiger partial charge in [-0.1, -0.05) is 33.1 Å². The fourth-order valence-corrected chi connectivity index (χ4v) is 2.94. The maximum absolute atomic E-state index is 10.3. The minimum atomic E-state index is -0.820. The number of nitrogens with one attached hydrogen (secondary N) is 2. The lowest BCUT2D eigenvalue weighted by Gasteiger charge is -2.31. The Morgan fingerprint density at radius 2 is 2.12 bits per heavy atom. The molecular weight excluding hydrogens is 298 g/mol. The van der Waals surface area contributed by atoms with Gasteiger partial charge in [-0.15, -0.1) is 0 Å². The second-order valence-electron chi connectivity index (χ2n) is 7.20. The first-order valence-corrected chi connectivity index (χ1v) is 8.90. The Hall–Kier alpha value is -1.81. The van der Waals surface area contributed by atoms with Crippen molar-refractivity contribution in [2.75, 3.05) is 0 Å². The molecule has 0 bridgehead atoms. The van der Waals surface area contributed by atoms with E-state index in [4.69, 9.17) is 0 Å². The van der Waals surface area contributed by atoms with Crippen LogP contribution in [0.3, 0.4) is 0 Å². The topological polar surface area (TPSA) is 56.7 Å². The van der Waals surface area contributed by atoms with E-state index in [9.17, 15) is 5.11 Å². The maximum atomic E-state index is 10.3. The van der Waals surface area contributed by atoms with E-state index in [1.54, 1.807) is 6.21 Å². The molecule has 0 aromatic carbocycles. The second-order valence-corrected chi connectivity index (χ2v) is 7.20. The molecule has 1 heterocycles. The van der Waals surface area contributed by atoms with Gasteiger partial charge >= 0.3 is 0 Å². The van der Waals surface area contributed by atoms with Crippen LogP contribution < -0.4 is 10.6 Å². The van der Waals surface area contributed by atoms with Crippen molar-refractivity contribution in [2.45, 2.75) is 65.0 Å². The van der Waals surface area contributed by atoms with Gasteiger partial charge in [0.05, 0.1) is 23.0 Å². The average molecular weight is 329 g/mol. The number of aliphatic hydroxyl groups is 1. The first-order chi connectivity index (χ1) is 11.3. The molecule has 2 rings (SSSR count). The number of hydrogen-bond donors (Lipinski definition) is 3. The molecule has 0 unspecified atom stereocenters. The van der Waals surface area contributed by atoms with E-state index in [2.05, 4.69) is 41.8 Å². The second kappa shape index (κ2) is 7.39. The Morgan fingerprint density at radius 1 is 1.46 bits per heavy atom. The third kappa shape index (κ3) is 4.38. The van der Waals surface area contributed by atoms with Crippen LogP contribution in [0.2, 0.25) is 0 Å². The van der Waals surface area contributed by atoms with Gasteiger partial charge in [-0.05, 0) is 45.4 Å². The zero-order valence-corrected chi connectivity index (χ0v) is 15.4. The minimum Gasteiger partial charge on any atom is -0.388 e. The highest BCUT2D eigenvalue weighted by Gasteiger charge is 2.30. The van der Waals surface area contributed by atoms with Crippen LogP contribution in [0.1, 0.15) is 53.4 Å². The summed E-state index contributed by atoms with van der Waals surface area (Å²) in [5.41, 5.74) is 3.78. The third-order valence-corrected chi connectivity index (χ3v) is 4.55. The minimum absolute atomic E-state index is 0.0740. The van der Waals surface area contributed by atoms with Crippen LogP contribution in [0.4, 0.5) is 0 Å². The van der Waals surface area contributed by atoms with E-state index in [1.165, 1.54) is 18.5 Å². The van der Waals surface area contributed by atoms with Gasteiger partial charge in [0.15, 0.2) is 0 Å². The van der Waals surface area contributed by atoms with Crippen LogP contribution in [0.15, 0.2) is 52.6 Å². The molecule has 1 aliphatic carbocycles. The smallest absolute Gasteiger partial charge is 0.0800 e. The largest absolute Gasteiger partial charge is 0.388 e. The highest BCUT2D eigenvalue weighted by atomic mass is 16.3. The summed E-state index contributed by atoms with van der Waals surface area (Å²) in [5.74, 6) is 0.632. The molecule has 1 aliphatic heterocycles. The van der Waals surface area contributed by atoms with Crippen molar-refractivity contribution in [3.05, 3.63) is 47.6 Å². The summed E-state index contributed by atoms with van der Waals surface area (Å²) in [4.78, 5) is 4.36. The molecule has 132 valence electrons. The van der Waals surface area contributed by atoms with Gasteiger partial charge in [0.25, 0.3) is 0 Å². The van der Waals surface area contributed by atoms with Gasteiger partial charge in [-0.3, -0.25) is 4.99 Å². The summed E-state index contributed by atoms with van der Waals surface area (Å²) in [6.45, 7) is 16.0. The van der Waals surface area contributed by atoms with Crippen LogP contribution in [-0.4, -0.2) is 23.0 Å². The Balaban J connectivity index is 2.19. The van der Waals surface area contributed by atoms with E-state index < -0.39 is 5.60 Å². The van der Waals surface area contributed by atoms with Crippen molar-refractivity contribution in [3.8, 4) is 0 Å². The first kappa shape index (κ1) is 18.5. The third-order valence-electron chi connectivity index (χ3n) is 4.55. The normalized spacial score (nSPS) is 19.7. The average Bonchev–Trinajstić information content (AvgIpc) is 3.28. The lowest BCUT2D eigenvalue weighted by Crippen LogP contribution is -2.46. The monoisotopic (exact) mass is 329 g/mol. The van der Waals surface area contributed by atoms with Gasteiger partial charge < -0.3 is 15.7 Å². The van der Waals surface area contributed by atoms with Crippen molar-refractivity contribution in [3.63, 3.8) is 0 Å². The van der Waals surface area contributed by atoms with Gasteiger partial charge in [0.1, 0.15) is 0 Å². The summed E-state index contributed by atoms with van der Waals surface area (Å²) in [7, 11) is 0. The fraction of sp³-hybridized carbons (Fsp3) is 0.550. The number of allylic oxidation sites excluding steroid dienone is 3. The molecular formula is C20H31N3O. The molecule has 1 saturated carbocycles. The molecule has 0 aromatic rings. The molecule has 1 fully saturated rings. The molecule has 0 aromatic heterocycles. The van der Waals surface area contributed by atoms with Crippen LogP contribution in [-0.2, 0) is 0 Å². The standard InChI is InChI=1S/C20H31N3O/c1-7-9-17(15-10-11-15)23-19-14(4)21-12-16(19)13(3)22-18(8-2)20(5,6)24/h9,12,15,18,22-24H,3-4,7-8,10-11H2,1-2,5-6H3/b17-9-/t18-/m0/s1. The Labute approximate surface area is 146 Å². The highest BCUT2D eigenvalue weighted by molar-refractivity contribution is 5.90. The molecule has 0 saturated heterocycles. The van der Waals surface area contributed by atoms with Gasteiger partial charge in [-0.2, -0.15) is 0 Å². The lowest BCUT2D eigenvalue weighted by atomic mass is 9.95. The quantitative estimate of drug-likeness (QED) is 0.603. The number of nitrogens with zero attached hydrogens (tertiary/aromatic N) is 1. The van der Waals surface area contributed by atoms with E-state index in [0.717, 1.165) is 35.5 Å². The van der Waals surface area contributed by atoms with Crippen molar-refractivity contribution in [1.29, 1.82) is 0 Å². The molecule has 0 spiro atoms. The first-order valence-electron chi connectivity index (χ1n) is 8.90. The van der Waals surface area contributed by atoms with Crippen LogP contribution in [0, 0.1) is 5.92 Å². The van der Waals surface area contributed by atoms with Crippen LogP contribution in [0.25, 0.3) is 0 Å². The Morgan fingerprint density at radius 3 is 2.62 bits per heavy atom. The Kier molecular flexibility index (Phi) is 5.70.